The quantitative estimate of drug-likeness (QED) is 0.887. The maximum absolute atomic E-state index is 6.43. The van der Waals surface area contributed by atoms with E-state index in [1.165, 1.54) is 6.42 Å². The molecule has 1 unspecified atom stereocenters. The molecule has 0 amide bonds. The van der Waals surface area contributed by atoms with E-state index in [-0.39, 0.29) is 0 Å². The summed E-state index contributed by atoms with van der Waals surface area (Å²) in [5, 5.41) is 8.83. The highest BCUT2D eigenvalue weighted by molar-refractivity contribution is 6.31. The van der Waals surface area contributed by atoms with Crippen LogP contribution in [0.5, 0.6) is 0 Å². The van der Waals surface area contributed by atoms with Crippen molar-refractivity contribution in [3.63, 3.8) is 0 Å². The topological polar surface area (TPSA) is 33.1 Å². The van der Waals surface area contributed by atoms with Crippen LogP contribution < -0.4 is 5.32 Å². The molecule has 0 saturated carbocycles. The largest absolute Gasteiger partial charge is 0.315 e. The highest BCUT2D eigenvalue weighted by atomic mass is 35.5. The van der Waals surface area contributed by atoms with E-state index in [0.29, 0.717) is 6.04 Å². The third-order valence-corrected chi connectivity index (χ3v) is 4.19. The van der Waals surface area contributed by atoms with E-state index < -0.39 is 0 Å². The zero-order valence-corrected chi connectivity index (χ0v) is 12.3. The van der Waals surface area contributed by atoms with Gasteiger partial charge >= 0.3 is 0 Å². The number of hydrogen-bond acceptors (Lipinski definition) is 3. The summed E-state index contributed by atoms with van der Waals surface area (Å²) in [4.78, 5) is 2.38. The first-order chi connectivity index (χ1) is 8.67. The molecule has 1 saturated heterocycles. The molecule has 0 radical (unpaired) electrons. The molecular weight excluding hydrogens is 248 g/mol. The Labute approximate surface area is 114 Å². The molecule has 0 aromatic carbocycles. The molecule has 1 atom stereocenters. The van der Waals surface area contributed by atoms with Gasteiger partial charge in [0, 0.05) is 25.7 Å². The van der Waals surface area contributed by atoms with Crippen LogP contribution >= 0.6 is 11.6 Å². The van der Waals surface area contributed by atoms with Gasteiger partial charge in [-0.05, 0) is 33.4 Å². The third-order valence-electron chi connectivity index (χ3n) is 3.75. The Bertz CT molecular complexity index is 396. The molecule has 5 heteroatoms. The fraction of sp³-hybridized carbons (Fsp3) is 0.769. The summed E-state index contributed by atoms with van der Waals surface area (Å²) < 4.78 is 2.04. The van der Waals surface area contributed by atoms with Crippen LogP contribution in [0.1, 0.15) is 31.7 Å². The van der Waals surface area contributed by atoms with Crippen LogP contribution in [-0.4, -0.2) is 40.9 Å². The van der Waals surface area contributed by atoms with Crippen molar-refractivity contribution in [3.8, 4) is 0 Å². The van der Waals surface area contributed by atoms with Crippen molar-refractivity contribution in [2.45, 2.75) is 45.8 Å². The van der Waals surface area contributed by atoms with Crippen LogP contribution in [0.4, 0.5) is 0 Å². The molecule has 1 aliphatic rings. The lowest BCUT2D eigenvalue weighted by Gasteiger charge is -2.23. The number of aryl methyl sites for hydroxylation is 2. The van der Waals surface area contributed by atoms with E-state index in [1.54, 1.807) is 0 Å². The van der Waals surface area contributed by atoms with Crippen molar-refractivity contribution in [3.05, 3.63) is 16.4 Å². The highest BCUT2D eigenvalue weighted by Gasteiger charge is 2.22. The van der Waals surface area contributed by atoms with Gasteiger partial charge in [0.2, 0.25) is 0 Å². The second kappa shape index (κ2) is 6.04. The Kier molecular flexibility index (Phi) is 4.65. The van der Waals surface area contributed by atoms with E-state index in [4.69, 9.17) is 11.6 Å². The Balaban J connectivity index is 2.14. The molecule has 1 aromatic heterocycles. The average molecular weight is 271 g/mol. The van der Waals surface area contributed by atoms with Crippen LogP contribution in [0.25, 0.3) is 0 Å². The maximum Gasteiger partial charge on any atom is 0.0863 e. The second-order valence-electron chi connectivity index (χ2n) is 4.94. The Hall–Kier alpha value is -0.580. The van der Waals surface area contributed by atoms with Gasteiger partial charge in [-0.1, -0.05) is 18.5 Å². The van der Waals surface area contributed by atoms with Gasteiger partial charge in [0.1, 0.15) is 0 Å². The van der Waals surface area contributed by atoms with E-state index in [1.807, 2.05) is 4.68 Å². The van der Waals surface area contributed by atoms with Crippen LogP contribution in [0.15, 0.2) is 0 Å². The van der Waals surface area contributed by atoms with Crippen molar-refractivity contribution in [1.29, 1.82) is 0 Å². The predicted octanol–water partition coefficient (Wildman–Crippen LogP) is 1.91. The lowest BCUT2D eigenvalue weighted by molar-refractivity contribution is 0.241. The summed E-state index contributed by atoms with van der Waals surface area (Å²) in [5.74, 6) is 0. The summed E-state index contributed by atoms with van der Waals surface area (Å²) in [7, 11) is 2.17. The highest BCUT2D eigenvalue weighted by Crippen LogP contribution is 2.23. The van der Waals surface area contributed by atoms with Crippen LogP contribution in [0.3, 0.4) is 0 Å². The van der Waals surface area contributed by atoms with E-state index in [2.05, 4.69) is 36.2 Å². The summed E-state index contributed by atoms with van der Waals surface area (Å²) in [6.45, 7) is 8.18. The van der Waals surface area contributed by atoms with Gasteiger partial charge in [-0.15, -0.1) is 0 Å². The lowest BCUT2D eigenvalue weighted by atomic mass is 10.2. The normalized spacial score (nSPS) is 19.9. The summed E-state index contributed by atoms with van der Waals surface area (Å²) in [5.41, 5.74) is 2.18. The number of nitrogens with one attached hydrogen (secondary N) is 1. The fourth-order valence-electron chi connectivity index (χ4n) is 2.55. The first kappa shape index (κ1) is 13.8. The molecule has 1 aromatic rings. The minimum absolute atomic E-state index is 0.617. The van der Waals surface area contributed by atoms with Crippen molar-refractivity contribution in [2.24, 2.45) is 0 Å². The molecule has 0 bridgehead atoms. The Morgan fingerprint density at radius 3 is 2.83 bits per heavy atom. The first-order valence-corrected chi connectivity index (χ1v) is 7.20. The molecule has 1 fully saturated rings. The predicted molar refractivity (Wildman–Crippen MR) is 75.0 cm³/mol. The van der Waals surface area contributed by atoms with Crippen LogP contribution in [-0.2, 0) is 19.5 Å². The number of halogens is 1. The summed E-state index contributed by atoms with van der Waals surface area (Å²) >= 11 is 6.43. The zero-order valence-electron chi connectivity index (χ0n) is 11.5. The van der Waals surface area contributed by atoms with Gasteiger partial charge in [0.25, 0.3) is 0 Å². The molecule has 18 heavy (non-hydrogen) atoms. The van der Waals surface area contributed by atoms with E-state index >= 15 is 0 Å². The molecule has 2 rings (SSSR count). The van der Waals surface area contributed by atoms with Gasteiger partial charge in [-0.25, -0.2) is 0 Å². The molecule has 1 N–H and O–H groups in total. The smallest absolute Gasteiger partial charge is 0.0863 e. The number of hydrogen-bond donors (Lipinski definition) is 1. The standard InChI is InChI=1S/C13H23ClN4/c1-4-11-13(14)12(18(5-2)16-11)9-17(3)10-6-7-15-8-10/h10,15H,4-9H2,1-3H3. The van der Waals surface area contributed by atoms with Gasteiger partial charge in [-0.2, -0.15) is 5.10 Å². The minimum Gasteiger partial charge on any atom is -0.315 e. The Morgan fingerprint density at radius 2 is 2.28 bits per heavy atom. The third kappa shape index (κ3) is 2.71. The number of aromatic nitrogens is 2. The summed E-state index contributed by atoms with van der Waals surface area (Å²) in [6, 6.07) is 0.617. The van der Waals surface area contributed by atoms with Gasteiger partial charge in [0.05, 0.1) is 16.4 Å². The summed E-state index contributed by atoms with van der Waals surface area (Å²) in [6.07, 6.45) is 2.11. The van der Waals surface area contributed by atoms with Gasteiger partial charge in [-0.3, -0.25) is 9.58 Å². The van der Waals surface area contributed by atoms with Crippen LogP contribution in [0.2, 0.25) is 5.02 Å². The van der Waals surface area contributed by atoms with E-state index in [9.17, 15) is 0 Å². The molecule has 102 valence electrons. The van der Waals surface area contributed by atoms with E-state index in [0.717, 1.165) is 49.0 Å². The zero-order chi connectivity index (χ0) is 13.1. The SMILES string of the molecule is CCc1nn(CC)c(CN(C)C2CCNC2)c1Cl. The van der Waals surface area contributed by atoms with Crippen molar-refractivity contribution >= 4 is 11.6 Å². The molecular formula is C13H23ClN4. The lowest BCUT2D eigenvalue weighted by Crippen LogP contribution is -2.33. The fourth-order valence-corrected chi connectivity index (χ4v) is 2.88. The second-order valence-corrected chi connectivity index (χ2v) is 5.32. The van der Waals surface area contributed by atoms with Gasteiger partial charge in [0.15, 0.2) is 0 Å². The molecule has 0 aliphatic carbocycles. The van der Waals surface area contributed by atoms with Crippen molar-refractivity contribution in [2.75, 3.05) is 20.1 Å². The van der Waals surface area contributed by atoms with Crippen molar-refractivity contribution in [1.82, 2.24) is 20.0 Å². The molecule has 0 spiro atoms. The minimum atomic E-state index is 0.617. The van der Waals surface area contributed by atoms with Crippen molar-refractivity contribution < 1.29 is 0 Å². The maximum atomic E-state index is 6.43. The number of nitrogens with zero attached hydrogens (tertiary/aromatic N) is 3. The average Bonchev–Trinajstić information content (AvgIpc) is 2.99. The molecule has 2 heterocycles. The monoisotopic (exact) mass is 270 g/mol. The molecule has 4 nitrogen and oxygen atoms in total. The number of likely N-dealkylation sites (N-methyl/N-ethyl adjacent to an activating group) is 1. The first-order valence-electron chi connectivity index (χ1n) is 6.82. The van der Waals surface area contributed by atoms with Gasteiger partial charge < -0.3 is 5.32 Å². The number of rotatable bonds is 5. The Morgan fingerprint density at radius 1 is 1.50 bits per heavy atom. The molecule has 1 aliphatic heterocycles. The van der Waals surface area contributed by atoms with Crippen LogP contribution in [0, 0.1) is 0 Å².